The quantitative estimate of drug-likeness (QED) is 0.639. The van der Waals surface area contributed by atoms with Crippen molar-refractivity contribution in [2.24, 2.45) is 7.05 Å². The molecule has 2 aliphatic heterocycles. The van der Waals surface area contributed by atoms with Crippen molar-refractivity contribution in [2.75, 3.05) is 26.8 Å². The normalized spacial score (nSPS) is 17.5. The summed E-state index contributed by atoms with van der Waals surface area (Å²) in [5.41, 5.74) is 2.22. The van der Waals surface area contributed by atoms with Crippen LogP contribution in [0.3, 0.4) is 0 Å². The average Bonchev–Trinajstić information content (AvgIpc) is 2.81. The van der Waals surface area contributed by atoms with Crippen molar-refractivity contribution in [3.63, 3.8) is 0 Å². The summed E-state index contributed by atoms with van der Waals surface area (Å²) in [6, 6.07) is 13.3. The van der Waals surface area contributed by atoms with Crippen LogP contribution in [0.5, 0.6) is 5.75 Å². The first-order valence-corrected chi connectivity index (χ1v) is 10.6. The predicted molar refractivity (Wildman–Crippen MR) is 116 cm³/mol. The van der Waals surface area contributed by atoms with Crippen molar-refractivity contribution in [1.29, 1.82) is 0 Å². The molecule has 0 aliphatic carbocycles. The second-order valence-corrected chi connectivity index (χ2v) is 8.23. The van der Waals surface area contributed by atoms with E-state index in [1.807, 2.05) is 17.0 Å². The molecule has 7 heteroatoms. The van der Waals surface area contributed by atoms with Gasteiger partial charge < -0.3 is 14.4 Å². The minimum atomic E-state index is -0.365. The van der Waals surface area contributed by atoms with Gasteiger partial charge in [0.05, 0.1) is 24.7 Å². The van der Waals surface area contributed by atoms with Gasteiger partial charge in [-0.2, -0.15) is 5.10 Å². The van der Waals surface area contributed by atoms with Gasteiger partial charge in [0.1, 0.15) is 5.75 Å². The van der Waals surface area contributed by atoms with E-state index >= 15 is 0 Å². The zero-order chi connectivity index (χ0) is 21.6. The van der Waals surface area contributed by atoms with Crippen LogP contribution in [0.25, 0.3) is 10.8 Å². The number of rotatable bonds is 2. The van der Waals surface area contributed by atoms with Gasteiger partial charge in [-0.05, 0) is 48.6 Å². The number of likely N-dealkylation sites (tertiary alicyclic amines) is 1. The molecule has 1 spiro atoms. The summed E-state index contributed by atoms with van der Waals surface area (Å²) in [4.78, 5) is 27.6. The monoisotopic (exact) mass is 419 g/mol. The topological polar surface area (TPSA) is 73.7 Å². The van der Waals surface area contributed by atoms with Gasteiger partial charge in [-0.25, -0.2) is 4.68 Å². The summed E-state index contributed by atoms with van der Waals surface area (Å²) in [6.07, 6.45) is 2.31. The highest BCUT2D eigenvalue weighted by atomic mass is 16.5. The first-order valence-electron chi connectivity index (χ1n) is 10.6. The Hall–Kier alpha value is -3.19. The number of ether oxygens (including phenoxy) is 2. The smallest absolute Gasteiger partial charge is 0.274 e. The molecule has 1 fully saturated rings. The highest BCUT2D eigenvalue weighted by molar-refractivity contribution is 6.04. The lowest BCUT2D eigenvalue weighted by Gasteiger charge is -2.45. The summed E-state index contributed by atoms with van der Waals surface area (Å²) < 4.78 is 12.9. The molecule has 3 heterocycles. The van der Waals surface area contributed by atoms with E-state index in [0.29, 0.717) is 36.2 Å². The lowest BCUT2D eigenvalue weighted by atomic mass is 9.79. The van der Waals surface area contributed by atoms with Crippen LogP contribution < -0.4 is 10.3 Å². The standard InChI is InChI=1S/C24H25N3O4/c1-26-22(28)19-6-4-3-5-18(19)21(25-26)23(29)27-12-10-24(11-13-27)20-8-7-17(30-2)15-16(20)9-14-31-24/h3-8,15H,9-14H2,1-2H3. The first-order chi connectivity index (χ1) is 15.0. The first kappa shape index (κ1) is 19.8. The number of carbonyl (C=O) groups is 1. The van der Waals surface area contributed by atoms with Crippen molar-refractivity contribution >= 4 is 16.7 Å². The molecule has 1 aromatic heterocycles. The van der Waals surface area contributed by atoms with Gasteiger partial charge in [0, 0.05) is 25.5 Å². The molecule has 0 atom stereocenters. The van der Waals surface area contributed by atoms with Gasteiger partial charge in [0.2, 0.25) is 0 Å². The Morgan fingerprint density at radius 2 is 1.87 bits per heavy atom. The number of benzene rings is 2. The third-order valence-corrected chi connectivity index (χ3v) is 6.57. The fraction of sp³-hybridized carbons (Fsp3) is 0.375. The maximum absolute atomic E-state index is 13.4. The molecular formula is C24H25N3O4. The summed E-state index contributed by atoms with van der Waals surface area (Å²) >= 11 is 0. The number of fused-ring (bicyclic) bond motifs is 3. The fourth-order valence-electron chi connectivity index (χ4n) is 4.87. The van der Waals surface area contributed by atoms with E-state index in [1.165, 1.54) is 15.8 Å². The molecular weight excluding hydrogens is 394 g/mol. The maximum Gasteiger partial charge on any atom is 0.274 e. The predicted octanol–water partition coefficient (Wildman–Crippen LogP) is 2.65. The Balaban J connectivity index is 1.43. The molecule has 0 bridgehead atoms. The number of hydrogen-bond donors (Lipinski definition) is 0. The van der Waals surface area contributed by atoms with Crippen LogP contribution in [0.15, 0.2) is 47.3 Å². The molecule has 160 valence electrons. The zero-order valence-corrected chi connectivity index (χ0v) is 17.8. The molecule has 1 saturated heterocycles. The number of aromatic nitrogens is 2. The molecule has 2 aromatic carbocycles. The Morgan fingerprint density at radius 3 is 2.61 bits per heavy atom. The van der Waals surface area contributed by atoms with E-state index in [4.69, 9.17) is 9.47 Å². The van der Waals surface area contributed by atoms with E-state index in [1.54, 1.807) is 32.4 Å². The number of carbonyl (C=O) groups excluding carboxylic acids is 1. The van der Waals surface area contributed by atoms with Gasteiger partial charge >= 0.3 is 0 Å². The second kappa shape index (κ2) is 7.50. The van der Waals surface area contributed by atoms with Gasteiger partial charge in [0.15, 0.2) is 5.69 Å². The Kier molecular flexibility index (Phi) is 4.78. The molecule has 31 heavy (non-hydrogen) atoms. The van der Waals surface area contributed by atoms with Crippen molar-refractivity contribution in [3.8, 4) is 5.75 Å². The summed E-state index contributed by atoms with van der Waals surface area (Å²) in [5.74, 6) is 0.712. The Labute approximate surface area is 180 Å². The Morgan fingerprint density at radius 1 is 1.13 bits per heavy atom. The Bertz CT molecular complexity index is 1230. The van der Waals surface area contributed by atoms with Gasteiger partial charge in [-0.1, -0.05) is 24.3 Å². The maximum atomic E-state index is 13.4. The zero-order valence-electron chi connectivity index (χ0n) is 17.8. The van der Waals surface area contributed by atoms with E-state index in [0.717, 1.165) is 25.0 Å². The van der Waals surface area contributed by atoms with Gasteiger partial charge in [-0.3, -0.25) is 9.59 Å². The minimum Gasteiger partial charge on any atom is -0.497 e. The highest BCUT2D eigenvalue weighted by Crippen LogP contribution is 2.42. The number of aryl methyl sites for hydroxylation is 1. The van der Waals surface area contributed by atoms with Gasteiger partial charge in [0.25, 0.3) is 11.5 Å². The second-order valence-electron chi connectivity index (χ2n) is 8.23. The molecule has 0 N–H and O–H groups in total. The SMILES string of the molecule is COc1ccc2c(c1)CCOC21CCN(C(=O)c2nn(C)c(=O)c3ccccc23)CC1. The van der Waals surface area contributed by atoms with E-state index in [9.17, 15) is 9.59 Å². The molecule has 0 unspecified atom stereocenters. The molecule has 0 radical (unpaired) electrons. The van der Waals surface area contributed by atoms with E-state index in [-0.39, 0.29) is 17.1 Å². The highest BCUT2D eigenvalue weighted by Gasteiger charge is 2.42. The molecule has 3 aromatic rings. The largest absolute Gasteiger partial charge is 0.497 e. The minimum absolute atomic E-state index is 0.146. The lowest BCUT2D eigenvalue weighted by molar-refractivity contribution is -0.0935. The fourth-order valence-corrected chi connectivity index (χ4v) is 4.87. The van der Waals surface area contributed by atoms with Crippen LogP contribution in [-0.4, -0.2) is 47.4 Å². The van der Waals surface area contributed by atoms with E-state index in [2.05, 4.69) is 17.2 Å². The number of hydrogen-bond acceptors (Lipinski definition) is 5. The van der Waals surface area contributed by atoms with Crippen molar-refractivity contribution in [1.82, 2.24) is 14.7 Å². The van der Waals surface area contributed by atoms with Gasteiger partial charge in [-0.15, -0.1) is 0 Å². The number of nitrogens with zero attached hydrogens (tertiary/aromatic N) is 3. The summed E-state index contributed by atoms with van der Waals surface area (Å²) in [7, 11) is 3.26. The molecule has 5 rings (SSSR count). The van der Waals surface area contributed by atoms with Crippen LogP contribution in [0.1, 0.15) is 34.5 Å². The summed E-state index contributed by atoms with van der Waals surface area (Å²) in [5, 5.41) is 5.41. The molecule has 7 nitrogen and oxygen atoms in total. The molecule has 1 amide bonds. The van der Waals surface area contributed by atoms with Crippen LogP contribution in [0.4, 0.5) is 0 Å². The van der Waals surface area contributed by atoms with Crippen LogP contribution in [0, 0.1) is 0 Å². The molecule has 0 saturated carbocycles. The molecule has 2 aliphatic rings. The van der Waals surface area contributed by atoms with Crippen LogP contribution in [-0.2, 0) is 23.8 Å². The third kappa shape index (κ3) is 3.20. The number of amides is 1. The number of methoxy groups -OCH3 is 1. The third-order valence-electron chi connectivity index (χ3n) is 6.57. The van der Waals surface area contributed by atoms with Crippen molar-refractivity contribution < 1.29 is 14.3 Å². The van der Waals surface area contributed by atoms with Crippen LogP contribution >= 0.6 is 0 Å². The van der Waals surface area contributed by atoms with Crippen molar-refractivity contribution in [2.45, 2.75) is 24.9 Å². The van der Waals surface area contributed by atoms with Crippen molar-refractivity contribution in [3.05, 3.63) is 69.6 Å². The average molecular weight is 419 g/mol. The van der Waals surface area contributed by atoms with Crippen LogP contribution in [0.2, 0.25) is 0 Å². The summed E-state index contributed by atoms with van der Waals surface area (Å²) in [6.45, 7) is 1.81. The lowest BCUT2D eigenvalue weighted by Crippen LogP contribution is -2.48. The number of piperidine rings is 1. The van der Waals surface area contributed by atoms with E-state index < -0.39 is 0 Å².